The second-order valence-corrected chi connectivity index (χ2v) is 5.73. The minimum absolute atomic E-state index is 0.156. The highest BCUT2D eigenvalue weighted by atomic mass is 35.5. The second-order valence-electron chi connectivity index (χ2n) is 4.86. The quantitative estimate of drug-likeness (QED) is 0.793. The number of rotatable bonds is 6. The summed E-state index contributed by atoms with van der Waals surface area (Å²) in [4.78, 5) is 23.1. The fraction of sp³-hybridized carbons (Fsp3) is 0.176. The number of carbonyl (C=O) groups is 2. The highest BCUT2D eigenvalue weighted by Crippen LogP contribution is 2.24. The molecular formula is C17H15Cl2NO4. The van der Waals surface area contributed by atoms with Crippen molar-refractivity contribution >= 4 is 35.1 Å². The molecule has 24 heavy (non-hydrogen) atoms. The summed E-state index contributed by atoms with van der Waals surface area (Å²) in [6, 6.07) is 11.5. The van der Waals surface area contributed by atoms with Crippen molar-refractivity contribution in [2.45, 2.75) is 6.54 Å². The summed E-state index contributed by atoms with van der Waals surface area (Å²) in [5, 5.41) is 3.58. The highest BCUT2D eigenvalue weighted by Gasteiger charge is 2.07. The fourth-order valence-electron chi connectivity index (χ4n) is 1.89. The lowest BCUT2D eigenvalue weighted by molar-refractivity contribution is -0.123. The monoisotopic (exact) mass is 367 g/mol. The maximum Gasteiger partial charge on any atom is 0.337 e. The first-order chi connectivity index (χ1) is 11.5. The van der Waals surface area contributed by atoms with E-state index in [-0.39, 0.29) is 12.5 Å². The van der Waals surface area contributed by atoms with Gasteiger partial charge in [0.1, 0.15) is 5.75 Å². The third-order valence-corrected chi connectivity index (χ3v) is 3.51. The van der Waals surface area contributed by atoms with Crippen LogP contribution in [0, 0.1) is 0 Å². The lowest BCUT2D eigenvalue weighted by Crippen LogP contribution is -2.28. The summed E-state index contributed by atoms with van der Waals surface area (Å²) >= 11 is 11.7. The molecule has 2 aromatic rings. The standard InChI is InChI=1S/C17H15Cl2NO4/c1-23-17(22)12-4-2-11(3-5-12)9-20-16(21)10-24-15-7-13(18)6-14(19)8-15/h2-8H,9-10H2,1H3,(H,20,21). The Morgan fingerprint density at radius 2 is 1.67 bits per heavy atom. The molecule has 0 aromatic heterocycles. The topological polar surface area (TPSA) is 64.6 Å². The first-order valence-corrected chi connectivity index (χ1v) is 7.76. The molecule has 0 saturated carbocycles. The molecule has 0 aliphatic heterocycles. The molecule has 0 saturated heterocycles. The summed E-state index contributed by atoms with van der Waals surface area (Å²) < 4.78 is 9.96. The van der Waals surface area contributed by atoms with Crippen molar-refractivity contribution in [3.05, 3.63) is 63.6 Å². The van der Waals surface area contributed by atoms with E-state index in [1.54, 1.807) is 42.5 Å². The molecule has 0 unspecified atom stereocenters. The second kappa shape index (κ2) is 8.57. The minimum atomic E-state index is -0.404. The molecule has 2 aromatic carbocycles. The number of esters is 1. The Labute approximate surface area is 149 Å². The molecule has 0 heterocycles. The fourth-order valence-corrected chi connectivity index (χ4v) is 2.39. The molecule has 0 bridgehead atoms. The van der Waals surface area contributed by atoms with E-state index in [1.165, 1.54) is 7.11 Å². The van der Waals surface area contributed by atoms with Gasteiger partial charge in [0.15, 0.2) is 6.61 Å². The van der Waals surface area contributed by atoms with Crippen molar-refractivity contribution in [2.24, 2.45) is 0 Å². The van der Waals surface area contributed by atoms with E-state index in [4.69, 9.17) is 27.9 Å². The van der Waals surface area contributed by atoms with Crippen LogP contribution in [-0.4, -0.2) is 25.6 Å². The molecule has 0 aliphatic rings. The number of methoxy groups -OCH3 is 1. The summed E-state index contributed by atoms with van der Waals surface area (Å²) in [5.41, 5.74) is 1.30. The predicted octanol–water partition coefficient (Wildman–Crippen LogP) is 3.48. The zero-order valence-corrected chi connectivity index (χ0v) is 14.4. The van der Waals surface area contributed by atoms with Crippen LogP contribution < -0.4 is 10.1 Å². The van der Waals surface area contributed by atoms with Crippen LogP contribution in [0.3, 0.4) is 0 Å². The molecule has 0 aliphatic carbocycles. The maximum atomic E-state index is 11.8. The number of halogens is 2. The molecule has 0 fully saturated rings. The van der Waals surface area contributed by atoms with Gasteiger partial charge in [0.2, 0.25) is 0 Å². The summed E-state index contributed by atoms with van der Waals surface area (Å²) in [6.07, 6.45) is 0. The van der Waals surface area contributed by atoms with Crippen LogP contribution in [0.1, 0.15) is 15.9 Å². The first kappa shape index (κ1) is 18.1. The number of benzene rings is 2. The average molecular weight is 368 g/mol. The van der Waals surface area contributed by atoms with Gasteiger partial charge in [0, 0.05) is 16.6 Å². The van der Waals surface area contributed by atoms with Crippen molar-refractivity contribution in [3.63, 3.8) is 0 Å². The number of amides is 1. The Kier molecular flexibility index (Phi) is 6.46. The Hall–Kier alpha value is -2.24. The first-order valence-electron chi connectivity index (χ1n) is 7.01. The van der Waals surface area contributed by atoms with Gasteiger partial charge in [0.25, 0.3) is 5.91 Å². The van der Waals surface area contributed by atoms with E-state index < -0.39 is 5.97 Å². The van der Waals surface area contributed by atoms with Crippen LogP contribution in [0.25, 0.3) is 0 Å². The molecule has 0 radical (unpaired) electrons. The van der Waals surface area contributed by atoms with E-state index in [0.29, 0.717) is 27.9 Å². The average Bonchev–Trinajstić information content (AvgIpc) is 2.57. The molecule has 1 N–H and O–H groups in total. The lowest BCUT2D eigenvalue weighted by atomic mass is 10.1. The normalized spacial score (nSPS) is 10.1. The van der Waals surface area contributed by atoms with Crippen molar-refractivity contribution in [1.29, 1.82) is 0 Å². The highest BCUT2D eigenvalue weighted by molar-refractivity contribution is 6.34. The SMILES string of the molecule is COC(=O)c1ccc(CNC(=O)COc2cc(Cl)cc(Cl)c2)cc1. The van der Waals surface area contributed by atoms with Gasteiger partial charge in [-0.15, -0.1) is 0 Å². The van der Waals surface area contributed by atoms with Gasteiger partial charge in [0.05, 0.1) is 12.7 Å². The van der Waals surface area contributed by atoms with Crippen molar-refractivity contribution in [1.82, 2.24) is 5.32 Å². The Morgan fingerprint density at radius 3 is 2.25 bits per heavy atom. The number of hydrogen-bond acceptors (Lipinski definition) is 4. The molecule has 0 atom stereocenters. The Bertz CT molecular complexity index is 712. The Balaban J connectivity index is 1.81. The van der Waals surface area contributed by atoms with Gasteiger partial charge in [-0.1, -0.05) is 35.3 Å². The van der Waals surface area contributed by atoms with Gasteiger partial charge in [-0.25, -0.2) is 4.79 Å². The smallest absolute Gasteiger partial charge is 0.337 e. The van der Waals surface area contributed by atoms with E-state index in [2.05, 4.69) is 10.1 Å². The lowest BCUT2D eigenvalue weighted by Gasteiger charge is -2.08. The number of ether oxygens (including phenoxy) is 2. The molecule has 7 heteroatoms. The van der Waals surface area contributed by atoms with Crippen LogP contribution in [0.2, 0.25) is 10.0 Å². The van der Waals surface area contributed by atoms with Crippen molar-refractivity contribution < 1.29 is 19.1 Å². The molecule has 2 rings (SSSR count). The van der Waals surface area contributed by atoms with Gasteiger partial charge in [-0.2, -0.15) is 0 Å². The van der Waals surface area contributed by atoms with Crippen LogP contribution in [0.5, 0.6) is 5.75 Å². The number of hydrogen-bond donors (Lipinski definition) is 1. The van der Waals surface area contributed by atoms with Crippen LogP contribution in [0.15, 0.2) is 42.5 Å². The molecule has 5 nitrogen and oxygen atoms in total. The number of nitrogens with one attached hydrogen (secondary N) is 1. The third kappa shape index (κ3) is 5.44. The van der Waals surface area contributed by atoms with E-state index in [9.17, 15) is 9.59 Å². The summed E-state index contributed by atoms with van der Waals surface area (Å²) in [5.74, 6) is -0.271. The number of carbonyl (C=O) groups excluding carboxylic acids is 2. The maximum absolute atomic E-state index is 11.8. The van der Waals surface area contributed by atoms with Crippen molar-refractivity contribution in [3.8, 4) is 5.75 Å². The molecule has 1 amide bonds. The summed E-state index contributed by atoms with van der Waals surface area (Å²) in [7, 11) is 1.32. The zero-order chi connectivity index (χ0) is 17.5. The molecule has 0 spiro atoms. The van der Waals surface area contributed by atoms with Crippen LogP contribution in [-0.2, 0) is 16.1 Å². The minimum Gasteiger partial charge on any atom is -0.484 e. The van der Waals surface area contributed by atoms with Crippen molar-refractivity contribution in [2.75, 3.05) is 13.7 Å². The van der Waals surface area contributed by atoms with Gasteiger partial charge >= 0.3 is 5.97 Å². The predicted molar refractivity (Wildman–Crippen MR) is 91.6 cm³/mol. The van der Waals surface area contributed by atoms with E-state index in [1.807, 2.05) is 0 Å². The largest absolute Gasteiger partial charge is 0.484 e. The van der Waals surface area contributed by atoms with Gasteiger partial charge in [-0.3, -0.25) is 4.79 Å². The van der Waals surface area contributed by atoms with Crippen LogP contribution in [0.4, 0.5) is 0 Å². The van der Waals surface area contributed by atoms with Gasteiger partial charge in [-0.05, 0) is 35.9 Å². The van der Waals surface area contributed by atoms with Gasteiger partial charge < -0.3 is 14.8 Å². The molecular weight excluding hydrogens is 353 g/mol. The molecule has 126 valence electrons. The van der Waals surface area contributed by atoms with E-state index in [0.717, 1.165) is 5.56 Å². The zero-order valence-electron chi connectivity index (χ0n) is 12.8. The Morgan fingerprint density at radius 1 is 1.04 bits per heavy atom. The van der Waals surface area contributed by atoms with E-state index >= 15 is 0 Å². The van der Waals surface area contributed by atoms with Crippen LogP contribution >= 0.6 is 23.2 Å². The summed E-state index contributed by atoms with van der Waals surface area (Å²) in [6.45, 7) is 0.164. The third-order valence-electron chi connectivity index (χ3n) is 3.07.